The van der Waals surface area contributed by atoms with Gasteiger partial charge >= 0.3 is 12.1 Å². The summed E-state index contributed by atoms with van der Waals surface area (Å²) in [6.45, 7) is 5.39. The fourth-order valence-corrected chi connectivity index (χ4v) is 3.53. The summed E-state index contributed by atoms with van der Waals surface area (Å²) in [6, 6.07) is 12.1. The lowest BCUT2D eigenvalue weighted by Gasteiger charge is -2.15. The van der Waals surface area contributed by atoms with E-state index >= 15 is 0 Å². The average molecular weight is 489 g/mol. The second-order valence-corrected chi connectivity index (χ2v) is 8.53. The molecule has 0 saturated carbocycles. The van der Waals surface area contributed by atoms with E-state index in [0.717, 1.165) is 35.0 Å². The molecule has 1 aromatic heterocycles. The fraction of sp³-hybridized carbons (Fsp3) is 0.320. The number of halogens is 3. The minimum atomic E-state index is -4.66. The molecule has 10 heteroatoms. The van der Waals surface area contributed by atoms with E-state index in [9.17, 15) is 27.9 Å². The molecular formula is C25H26F3N3O4. The van der Waals surface area contributed by atoms with Crippen LogP contribution < -0.4 is 5.32 Å². The number of ether oxygens (including phenoxy) is 1. The molecule has 2 aromatic carbocycles. The molecule has 1 atom stereocenters. The molecule has 0 radical (unpaired) electrons. The van der Waals surface area contributed by atoms with Gasteiger partial charge in [-0.1, -0.05) is 50.2 Å². The maximum Gasteiger partial charge on any atom is 0.418 e. The number of hydrogen-bond acceptors (Lipinski definition) is 5. The summed E-state index contributed by atoms with van der Waals surface area (Å²) in [5.74, 6) is -1.88. The third kappa shape index (κ3) is 6.62. The first-order valence-electron chi connectivity index (χ1n) is 11.0. The molecule has 0 aliphatic carbocycles. The van der Waals surface area contributed by atoms with Gasteiger partial charge in [0.05, 0.1) is 23.5 Å². The van der Waals surface area contributed by atoms with E-state index in [0.29, 0.717) is 5.92 Å². The van der Waals surface area contributed by atoms with Crippen LogP contribution in [0.25, 0.3) is 5.69 Å². The molecule has 1 heterocycles. The predicted molar refractivity (Wildman–Crippen MR) is 122 cm³/mol. The van der Waals surface area contributed by atoms with Crippen molar-refractivity contribution in [3.05, 3.63) is 77.1 Å². The maximum absolute atomic E-state index is 13.3. The van der Waals surface area contributed by atoms with Crippen molar-refractivity contribution < 1.29 is 32.6 Å². The highest BCUT2D eigenvalue weighted by Gasteiger charge is 2.34. The van der Waals surface area contributed by atoms with Crippen molar-refractivity contribution >= 4 is 11.9 Å². The van der Waals surface area contributed by atoms with Crippen LogP contribution in [0.2, 0.25) is 0 Å². The molecule has 0 saturated heterocycles. The number of aromatic nitrogens is 2. The van der Waals surface area contributed by atoms with Crippen molar-refractivity contribution in [1.29, 1.82) is 0 Å². The summed E-state index contributed by atoms with van der Waals surface area (Å²) < 4.78 is 45.4. The van der Waals surface area contributed by atoms with Crippen molar-refractivity contribution in [1.82, 2.24) is 15.1 Å². The Hall–Kier alpha value is -3.82. The summed E-state index contributed by atoms with van der Waals surface area (Å²) in [6.07, 6.45) is -2.85. The highest BCUT2D eigenvalue weighted by molar-refractivity contribution is 5.92. The molecule has 35 heavy (non-hydrogen) atoms. The zero-order chi connectivity index (χ0) is 25.8. The molecule has 0 unspecified atom stereocenters. The highest BCUT2D eigenvalue weighted by Crippen LogP contribution is 2.34. The predicted octanol–water partition coefficient (Wildman–Crippen LogP) is 4.83. The van der Waals surface area contributed by atoms with Gasteiger partial charge in [-0.15, -0.1) is 0 Å². The van der Waals surface area contributed by atoms with Crippen molar-refractivity contribution in [2.24, 2.45) is 5.92 Å². The Morgan fingerprint density at radius 2 is 1.74 bits per heavy atom. The van der Waals surface area contributed by atoms with Crippen molar-refractivity contribution in [2.75, 3.05) is 6.61 Å². The minimum Gasteiger partial charge on any atom is -0.504 e. The van der Waals surface area contributed by atoms with Crippen LogP contribution in [-0.4, -0.2) is 33.4 Å². The third-order valence-electron chi connectivity index (χ3n) is 5.18. The van der Waals surface area contributed by atoms with E-state index in [1.165, 1.54) is 17.7 Å². The van der Waals surface area contributed by atoms with Gasteiger partial charge in [0.15, 0.2) is 12.4 Å². The van der Waals surface area contributed by atoms with E-state index in [4.69, 9.17) is 4.74 Å². The van der Waals surface area contributed by atoms with Gasteiger partial charge in [0.2, 0.25) is 5.69 Å². The number of aromatic hydroxyl groups is 1. The van der Waals surface area contributed by atoms with Crippen LogP contribution in [0.1, 0.15) is 54.0 Å². The van der Waals surface area contributed by atoms with Gasteiger partial charge in [-0.3, -0.25) is 4.79 Å². The van der Waals surface area contributed by atoms with Crippen LogP contribution >= 0.6 is 0 Å². The zero-order valence-corrected chi connectivity index (χ0v) is 19.5. The smallest absolute Gasteiger partial charge is 0.418 e. The maximum atomic E-state index is 13.3. The van der Waals surface area contributed by atoms with E-state index < -0.39 is 41.7 Å². The summed E-state index contributed by atoms with van der Waals surface area (Å²) in [4.78, 5) is 24.6. The first-order chi connectivity index (χ1) is 16.5. The molecule has 0 bridgehead atoms. The highest BCUT2D eigenvalue weighted by atomic mass is 19.4. The van der Waals surface area contributed by atoms with Crippen molar-refractivity contribution in [3.8, 4) is 11.4 Å². The minimum absolute atomic E-state index is 0.346. The van der Waals surface area contributed by atoms with Crippen LogP contribution in [0.4, 0.5) is 13.2 Å². The summed E-state index contributed by atoms with van der Waals surface area (Å²) in [7, 11) is 0. The molecule has 0 aliphatic rings. The Balaban J connectivity index is 1.61. The number of esters is 1. The summed E-state index contributed by atoms with van der Waals surface area (Å²) in [5.41, 5.74) is 0.0853. The molecule has 7 nitrogen and oxygen atoms in total. The quantitative estimate of drug-likeness (QED) is 0.442. The zero-order valence-electron chi connectivity index (χ0n) is 19.5. The molecule has 0 spiro atoms. The Bertz CT molecular complexity index is 1190. The number of amides is 1. The number of nitrogens with zero attached hydrogens (tertiary/aromatic N) is 2. The number of benzene rings is 2. The number of hydrogen-bond donors (Lipinski definition) is 2. The summed E-state index contributed by atoms with van der Waals surface area (Å²) in [5, 5.41) is 16.5. The van der Waals surface area contributed by atoms with E-state index in [1.54, 1.807) is 6.92 Å². The number of alkyl halides is 3. The van der Waals surface area contributed by atoms with Gasteiger partial charge in [-0.05, 0) is 42.5 Å². The van der Waals surface area contributed by atoms with Gasteiger partial charge in [-0.25, -0.2) is 9.48 Å². The summed E-state index contributed by atoms with van der Waals surface area (Å²) >= 11 is 0. The molecule has 0 fully saturated rings. The number of carbonyl (C=O) groups excluding carboxylic acids is 2. The molecule has 0 aliphatic heterocycles. The number of carbonyl (C=O) groups is 2. The van der Waals surface area contributed by atoms with Gasteiger partial charge in [0, 0.05) is 0 Å². The van der Waals surface area contributed by atoms with E-state index in [1.807, 2.05) is 24.3 Å². The SMILES string of the molecule is CC(C)Cc1ccc([C@@H](C)NC(=O)COC(=O)c2nn(-c3ccccc3C(F)(F)F)cc2O)cc1. The van der Waals surface area contributed by atoms with Crippen LogP contribution in [0.15, 0.2) is 54.7 Å². The second-order valence-electron chi connectivity index (χ2n) is 8.53. The lowest BCUT2D eigenvalue weighted by atomic mass is 10.00. The Labute approximate surface area is 200 Å². The fourth-order valence-electron chi connectivity index (χ4n) is 3.53. The largest absolute Gasteiger partial charge is 0.504 e. The van der Waals surface area contributed by atoms with Crippen molar-refractivity contribution in [2.45, 2.75) is 39.4 Å². The third-order valence-corrected chi connectivity index (χ3v) is 5.18. The van der Waals surface area contributed by atoms with Gasteiger partial charge in [0.25, 0.3) is 5.91 Å². The number of para-hydroxylation sites is 1. The monoisotopic (exact) mass is 489 g/mol. The lowest BCUT2D eigenvalue weighted by molar-refractivity contribution is -0.137. The van der Waals surface area contributed by atoms with Crippen LogP contribution in [0, 0.1) is 5.92 Å². The van der Waals surface area contributed by atoms with Gasteiger partial charge in [-0.2, -0.15) is 18.3 Å². The van der Waals surface area contributed by atoms with Crippen LogP contribution in [-0.2, 0) is 22.1 Å². The van der Waals surface area contributed by atoms with Gasteiger partial charge < -0.3 is 15.2 Å². The Kier molecular flexibility index (Phi) is 7.83. The molecule has 1 amide bonds. The van der Waals surface area contributed by atoms with Crippen LogP contribution in [0.5, 0.6) is 5.75 Å². The lowest BCUT2D eigenvalue weighted by Crippen LogP contribution is -2.31. The molecule has 3 rings (SSSR count). The molecular weight excluding hydrogens is 463 g/mol. The normalized spacial score (nSPS) is 12.4. The number of rotatable bonds is 8. The van der Waals surface area contributed by atoms with Crippen molar-refractivity contribution in [3.63, 3.8) is 0 Å². The number of nitrogens with one attached hydrogen (secondary N) is 1. The first kappa shape index (κ1) is 25.8. The molecule has 186 valence electrons. The molecule has 2 N–H and O–H groups in total. The van der Waals surface area contributed by atoms with E-state index in [2.05, 4.69) is 24.3 Å². The topological polar surface area (TPSA) is 93.5 Å². The molecule has 3 aromatic rings. The average Bonchev–Trinajstić information content (AvgIpc) is 3.18. The van der Waals surface area contributed by atoms with Gasteiger partial charge in [0.1, 0.15) is 0 Å². The standard InChI is InChI=1S/C25H26F3N3O4/c1-15(2)12-17-8-10-18(11-9-17)16(3)29-22(33)14-35-24(34)23-21(32)13-31(30-23)20-7-5-4-6-19(20)25(26,27)28/h4-11,13,15-16,32H,12,14H2,1-3H3,(H,29,33)/t16-/m1/s1. The first-order valence-corrected chi connectivity index (χ1v) is 11.0. The second kappa shape index (κ2) is 10.6. The Morgan fingerprint density at radius 3 is 2.37 bits per heavy atom. The Morgan fingerprint density at radius 1 is 1.09 bits per heavy atom. The van der Waals surface area contributed by atoms with Crippen LogP contribution in [0.3, 0.4) is 0 Å². The van der Waals surface area contributed by atoms with E-state index in [-0.39, 0.29) is 11.7 Å².